The predicted molar refractivity (Wildman–Crippen MR) is 76.4 cm³/mol. The number of nitrogens with one attached hydrogen (secondary N) is 2. The molecule has 0 aliphatic rings. The van der Waals surface area contributed by atoms with Gasteiger partial charge < -0.3 is 20.8 Å². The van der Waals surface area contributed by atoms with E-state index in [0.717, 1.165) is 11.1 Å². The average molecular weight is 294 g/mol. The Kier molecular flexibility index (Phi) is 5.71. The number of hydrogen-bond acceptors (Lipinski definition) is 3. The lowest BCUT2D eigenvalue weighted by atomic mass is 10.1. The van der Waals surface area contributed by atoms with Crippen molar-refractivity contribution in [2.24, 2.45) is 0 Å². The summed E-state index contributed by atoms with van der Waals surface area (Å²) in [6.45, 7) is 3.74. The number of aliphatic carboxylic acids is 2. The number of hydrogen-bond donors (Lipinski definition) is 4. The molecule has 2 amide bonds. The molecule has 0 aliphatic heterocycles. The minimum absolute atomic E-state index is 0.176. The highest BCUT2D eigenvalue weighted by molar-refractivity contribution is 5.93. The molecular weight excluding hydrogens is 276 g/mol. The Morgan fingerprint density at radius 1 is 1.19 bits per heavy atom. The number of carboxylic acids is 2. The number of benzene rings is 1. The first-order valence-electron chi connectivity index (χ1n) is 6.39. The first-order chi connectivity index (χ1) is 9.79. The van der Waals surface area contributed by atoms with Crippen LogP contribution in [0.25, 0.3) is 0 Å². The summed E-state index contributed by atoms with van der Waals surface area (Å²) in [6.07, 6.45) is -0.508. The topological polar surface area (TPSA) is 116 Å². The number of carboxylic acid groups (broad SMARTS) is 2. The fourth-order valence-corrected chi connectivity index (χ4v) is 1.80. The predicted octanol–water partition coefficient (Wildman–Crippen LogP) is 1.74. The van der Waals surface area contributed by atoms with Crippen LogP contribution in [0.15, 0.2) is 18.2 Å². The van der Waals surface area contributed by atoms with Crippen molar-refractivity contribution in [2.45, 2.75) is 32.7 Å². The Balaban J connectivity index is 2.65. The van der Waals surface area contributed by atoms with Crippen molar-refractivity contribution in [3.8, 4) is 0 Å². The van der Waals surface area contributed by atoms with Gasteiger partial charge in [0.25, 0.3) is 0 Å². The van der Waals surface area contributed by atoms with E-state index < -0.39 is 24.0 Å². The summed E-state index contributed by atoms with van der Waals surface area (Å²) < 4.78 is 0. The van der Waals surface area contributed by atoms with E-state index >= 15 is 0 Å². The fraction of sp³-hybridized carbons (Fsp3) is 0.357. The summed E-state index contributed by atoms with van der Waals surface area (Å²) in [4.78, 5) is 33.2. The quantitative estimate of drug-likeness (QED) is 0.638. The molecule has 4 N–H and O–H groups in total. The van der Waals surface area contributed by atoms with Crippen LogP contribution in [0.5, 0.6) is 0 Å². The van der Waals surface area contributed by atoms with E-state index in [0.29, 0.717) is 5.69 Å². The molecule has 0 heterocycles. The molecule has 0 unspecified atom stereocenters. The molecule has 7 nitrogen and oxygen atoms in total. The minimum Gasteiger partial charge on any atom is -0.481 e. The molecule has 1 aromatic carbocycles. The van der Waals surface area contributed by atoms with Crippen LogP contribution in [0.4, 0.5) is 10.5 Å². The SMILES string of the molecule is Cc1ccc(NC(=O)N[C@@H](CCC(=O)O)C(=O)O)c(C)c1. The van der Waals surface area contributed by atoms with Crippen molar-refractivity contribution < 1.29 is 24.6 Å². The number of anilines is 1. The summed E-state index contributed by atoms with van der Waals surface area (Å²) >= 11 is 0. The van der Waals surface area contributed by atoms with Crippen LogP contribution >= 0.6 is 0 Å². The molecule has 21 heavy (non-hydrogen) atoms. The van der Waals surface area contributed by atoms with Gasteiger partial charge in [0.15, 0.2) is 0 Å². The number of aryl methyl sites for hydroxylation is 2. The Morgan fingerprint density at radius 3 is 2.38 bits per heavy atom. The normalized spacial score (nSPS) is 11.5. The first kappa shape index (κ1) is 16.5. The Labute approximate surface area is 122 Å². The highest BCUT2D eigenvalue weighted by Crippen LogP contribution is 2.15. The molecule has 0 aromatic heterocycles. The van der Waals surface area contributed by atoms with Crippen molar-refractivity contribution in [1.82, 2.24) is 5.32 Å². The van der Waals surface area contributed by atoms with E-state index in [1.165, 1.54) is 0 Å². The van der Waals surface area contributed by atoms with Crippen molar-refractivity contribution in [3.05, 3.63) is 29.3 Å². The molecule has 114 valence electrons. The standard InChI is InChI=1S/C14H18N2O5/c1-8-3-4-10(9(2)7-8)15-14(21)16-11(13(19)20)5-6-12(17)18/h3-4,7,11H,5-6H2,1-2H3,(H,17,18)(H,19,20)(H2,15,16,21)/t11-/m0/s1. The fourth-order valence-electron chi connectivity index (χ4n) is 1.80. The van der Waals surface area contributed by atoms with Gasteiger partial charge in [0.1, 0.15) is 6.04 Å². The summed E-state index contributed by atoms with van der Waals surface area (Å²) in [5.74, 6) is -2.38. The molecule has 0 radical (unpaired) electrons. The van der Waals surface area contributed by atoms with Gasteiger partial charge in [-0.25, -0.2) is 9.59 Å². The molecule has 0 aliphatic carbocycles. The van der Waals surface area contributed by atoms with E-state index in [2.05, 4.69) is 10.6 Å². The van der Waals surface area contributed by atoms with Gasteiger partial charge in [0, 0.05) is 12.1 Å². The van der Waals surface area contributed by atoms with Crippen LogP contribution in [0, 0.1) is 13.8 Å². The second-order valence-corrected chi connectivity index (χ2v) is 4.74. The highest BCUT2D eigenvalue weighted by Gasteiger charge is 2.21. The van der Waals surface area contributed by atoms with Gasteiger partial charge in [0.2, 0.25) is 0 Å². The van der Waals surface area contributed by atoms with Gasteiger partial charge in [-0.15, -0.1) is 0 Å². The van der Waals surface area contributed by atoms with Gasteiger partial charge in [-0.1, -0.05) is 17.7 Å². The molecule has 0 saturated heterocycles. The van der Waals surface area contributed by atoms with Crippen LogP contribution in [-0.2, 0) is 9.59 Å². The molecule has 1 aromatic rings. The molecule has 1 rings (SSSR count). The van der Waals surface area contributed by atoms with Crippen molar-refractivity contribution in [1.29, 1.82) is 0 Å². The molecule has 0 spiro atoms. The first-order valence-corrected chi connectivity index (χ1v) is 6.39. The minimum atomic E-state index is -1.27. The average Bonchev–Trinajstić information content (AvgIpc) is 2.37. The molecule has 7 heteroatoms. The van der Waals surface area contributed by atoms with E-state index in [-0.39, 0.29) is 12.8 Å². The molecule has 0 fully saturated rings. The summed E-state index contributed by atoms with van der Waals surface area (Å²) in [5, 5.41) is 22.3. The van der Waals surface area contributed by atoms with E-state index in [9.17, 15) is 14.4 Å². The maximum atomic E-state index is 11.8. The number of urea groups is 1. The summed E-state index contributed by atoms with van der Waals surface area (Å²) in [7, 11) is 0. The van der Waals surface area contributed by atoms with E-state index in [4.69, 9.17) is 10.2 Å². The molecule has 0 saturated carbocycles. The summed E-state index contributed by atoms with van der Waals surface area (Å²) in [6, 6.07) is 3.50. The van der Waals surface area contributed by atoms with Crippen LogP contribution in [0.1, 0.15) is 24.0 Å². The molecule has 0 bridgehead atoms. The van der Waals surface area contributed by atoms with Gasteiger partial charge in [-0.2, -0.15) is 0 Å². The van der Waals surface area contributed by atoms with Crippen LogP contribution in [-0.4, -0.2) is 34.2 Å². The lowest BCUT2D eigenvalue weighted by molar-refractivity contribution is -0.140. The van der Waals surface area contributed by atoms with Gasteiger partial charge >= 0.3 is 18.0 Å². The zero-order chi connectivity index (χ0) is 16.0. The summed E-state index contributed by atoms with van der Waals surface area (Å²) in [5.41, 5.74) is 2.46. The van der Waals surface area contributed by atoms with Gasteiger partial charge in [-0.05, 0) is 31.9 Å². The highest BCUT2D eigenvalue weighted by atomic mass is 16.4. The Hall–Kier alpha value is -2.57. The second kappa shape index (κ2) is 7.28. The van der Waals surface area contributed by atoms with Gasteiger partial charge in [0.05, 0.1) is 0 Å². The lowest BCUT2D eigenvalue weighted by Gasteiger charge is -2.15. The smallest absolute Gasteiger partial charge is 0.326 e. The third kappa shape index (κ3) is 5.52. The zero-order valence-electron chi connectivity index (χ0n) is 11.8. The number of carbonyl (C=O) groups excluding carboxylic acids is 1. The Morgan fingerprint density at radius 2 is 1.86 bits per heavy atom. The van der Waals surface area contributed by atoms with Crippen molar-refractivity contribution >= 4 is 23.7 Å². The maximum Gasteiger partial charge on any atom is 0.326 e. The zero-order valence-corrected chi connectivity index (χ0v) is 11.8. The van der Waals surface area contributed by atoms with Crippen molar-refractivity contribution in [2.75, 3.05) is 5.32 Å². The van der Waals surface area contributed by atoms with Crippen LogP contribution in [0.3, 0.4) is 0 Å². The lowest BCUT2D eigenvalue weighted by Crippen LogP contribution is -2.43. The van der Waals surface area contributed by atoms with Crippen molar-refractivity contribution in [3.63, 3.8) is 0 Å². The molecular formula is C14H18N2O5. The van der Waals surface area contributed by atoms with Crippen LogP contribution < -0.4 is 10.6 Å². The van der Waals surface area contributed by atoms with Gasteiger partial charge in [-0.3, -0.25) is 4.79 Å². The monoisotopic (exact) mass is 294 g/mol. The Bertz CT molecular complexity index is 556. The second-order valence-electron chi connectivity index (χ2n) is 4.74. The van der Waals surface area contributed by atoms with E-state index in [1.54, 1.807) is 6.07 Å². The van der Waals surface area contributed by atoms with E-state index in [1.807, 2.05) is 26.0 Å². The van der Waals surface area contributed by atoms with Crippen LogP contribution in [0.2, 0.25) is 0 Å². The molecule has 1 atom stereocenters. The maximum absolute atomic E-state index is 11.8. The third-order valence-electron chi connectivity index (χ3n) is 2.88. The number of amides is 2. The number of rotatable bonds is 6. The third-order valence-corrected chi connectivity index (χ3v) is 2.88. The largest absolute Gasteiger partial charge is 0.481 e. The number of carbonyl (C=O) groups is 3.